The average Bonchev–Trinajstić information content (AvgIpc) is 2.66. The summed E-state index contributed by atoms with van der Waals surface area (Å²) in [6.45, 7) is 6.24. The number of likely N-dealkylation sites (tertiary alicyclic amines) is 1. The maximum atomic E-state index is 12.0. The van der Waals surface area contributed by atoms with Crippen molar-refractivity contribution in [3.05, 3.63) is 0 Å². The Balaban J connectivity index is 2.30. The van der Waals surface area contributed by atoms with E-state index in [9.17, 15) is 9.90 Å². The highest BCUT2D eigenvalue weighted by molar-refractivity contribution is 5.74. The molecule has 1 atom stereocenters. The fraction of sp³-hybridized carbons (Fsp3) is 0.929. The lowest BCUT2D eigenvalue weighted by Gasteiger charge is -2.24. The number of hydrogen-bond acceptors (Lipinski definition) is 2. The van der Waals surface area contributed by atoms with Crippen LogP contribution in [0.2, 0.25) is 0 Å². The molecule has 4 nitrogen and oxygen atoms in total. The summed E-state index contributed by atoms with van der Waals surface area (Å²) in [5.74, 6) is 0.287. The van der Waals surface area contributed by atoms with Gasteiger partial charge in [0, 0.05) is 19.6 Å². The Morgan fingerprint density at radius 3 is 2.22 bits per heavy atom. The van der Waals surface area contributed by atoms with Crippen molar-refractivity contribution in [1.29, 1.82) is 0 Å². The molecule has 0 bridgehead atoms. The largest absolute Gasteiger partial charge is 0.391 e. The molecule has 18 heavy (non-hydrogen) atoms. The Kier molecular flexibility index (Phi) is 7.09. The van der Waals surface area contributed by atoms with Gasteiger partial charge in [-0.2, -0.15) is 0 Å². The van der Waals surface area contributed by atoms with Crippen molar-refractivity contribution in [2.45, 2.75) is 58.5 Å². The maximum absolute atomic E-state index is 12.0. The van der Waals surface area contributed by atoms with Gasteiger partial charge in [0.15, 0.2) is 0 Å². The van der Waals surface area contributed by atoms with E-state index in [0.29, 0.717) is 6.54 Å². The number of rotatable bonds is 5. The zero-order chi connectivity index (χ0) is 13.4. The molecule has 106 valence electrons. The van der Waals surface area contributed by atoms with Crippen LogP contribution in [-0.2, 0) is 0 Å². The van der Waals surface area contributed by atoms with Crippen LogP contribution in [0, 0.1) is 5.92 Å². The second-order valence-electron chi connectivity index (χ2n) is 5.23. The van der Waals surface area contributed by atoms with Crippen molar-refractivity contribution < 1.29 is 9.90 Å². The van der Waals surface area contributed by atoms with E-state index in [1.54, 1.807) is 0 Å². The molecule has 1 unspecified atom stereocenters. The van der Waals surface area contributed by atoms with Crippen LogP contribution in [0.15, 0.2) is 0 Å². The van der Waals surface area contributed by atoms with Crippen molar-refractivity contribution in [1.82, 2.24) is 10.2 Å². The molecule has 1 heterocycles. The van der Waals surface area contributed by atoms with Crippen LogP contribution in [0.3, 0.4) is 0 Å². The summed E-state index contributed by atoms with van der Waals surface area (Å²) in [6, 6.07) is -0.0121. The molecule has 1 aliphatic heterocycles. The predicted octanol–water partition coefficient (Wildman–Crippen LogP) is 2.37. The molecule has 1 fully saturated rings. The molecule has 0 spiro atoms. The van der Waals surface area contributed by atoms with E-state index in [1.807, 2.05) is 4.90 Å². The van der Waals surface area contributed by atoms with Crippen LogP contribution in [0.4, 0.5) is 4.79 Å². The SMILES string of the molecule is CCC(CC)C(O)CNC(=O)N1CCCCCC1. The number of aliphatic hydroxyl groups excluding tert-OH is 1. The van der Waals surface area contributed by atoms with Crippen molar-refractivity contribution >= 4 is 6.03 Å². The number of carbonyl (C=O) groups is 1. The van der Waals surface area contributed by atoms with Crippen LogP contribution >= 0.6 is 0 Å². The summed E-state index contributed by atoms with van der Waals surface area (Å²) in [6.07, 6.45) is 6.13. The number of nitrogens with zero attached hydrogens (tertiary/aromatic N) is 1. The number of hydrogen-bond donors (Lipinski definition) is 2. The zero-order valence-electron chi connectivity index (χ0n) is 11.8. The lowest BCUT2D eigenvalue weighted by atomic mass is 9.97. The molecule has 0 aromatic heterocycles. The normalized spacial score (nSPS) is 18.6. The third kappa shape index (κ3) is 4.84. The van der Waals surface area contributed by atoms with Gasteiger partial charge in [-0.15, -0.1) is 0 Å². The van der Waals surface area contributed by atoms with Gasteiger partial charge in [0.05, 0.1) is 6.10 Å². The number of amides is 2. The fourth-order valence-electron chi connectivity index (χ4n) is 2.58. The summed E-state index contributed by atoms with van der Waals surface area (Å²) >= 11 is 0. The van der Waals surface area contributed by atoms with Gasteiger partial charge in [0.1, 0.15) is 0 Å². The van der Waals surface area contributed by atoms with Crippen molar-refractivity contribution in [2.24, 2.45) is 5.92 Å². The number of carbonyl (C=O) groups excluding carboxylic acids is 1. The van der Waals surface area contributed by atoms with Crippen molar-refractivity contribution in [3.63, 3.8) is 0 Å². The lowest BCUT2D eigenvalue weighted by molar-refractivity contribution is 0.100. The van der Waals surface area contributed by atoms with Gasteiger partial charge in [-0.3, -0.25) is 0 Å². The van der Waals surface area contributed by atoms with Crippen LogP contribution in [-0.4, -0.2) is 41.8 Å². The molecular weight excluding hydrogens is 228 g/mol. The monoisotopic (exact) mass is 256 g/mol. The van der Waals surface area contributed by atoms with Gasteiger partial charge in [-0.25, -0.2) is 4.79 Å². The molecule has 0 aliphatic carbocycles. The first-order valence-electron chi connectivity index (χ1n) is 7.39. The van der Waals surface area contributed by atoms with E-state index in [1.165, 1.54) is 12.8 Å². The molecule has 0 aromatic rings. The maximum Gasteiger partial charge on any atom is 0.317 e. The van der Waals surface area contributed by atoms with E-state index in [-0.39, 0.29) is 11.9 Å². The highest BCUT2D eigenvalue weighted by Gasteiger charge is 2.19. The fourth-order valence-corrected chi connectivity index (χ4v) is 2.58. The predicted molar refractivity (Wildman–Crippen MR) is 73.5 cm³/mol. The highest BCUT2D eigenvalue weighted by atomic mass is 16.3. The molecule has 1 aliphatic rings. The Morgan fingerprint density at radius 1 is 1.17 bits per heavy atom. The molecule has 1 rings (SSSR count). The molecule has 0 saturated carbocycles. The van der Waals surface area contributed by atoms with Crippen molar-refractivity contribution in [3.8, 4) is 0 Å². The lowest BCUT2D eigenvalue weighted by Crippen LogP contribution is -2.44. The molecule has 2 amide bonds. The van der Waals surface area contributed by atoms with E-state index >= 15 is 0 Å². The summed E-state index contributed by atoms with van der Waals surface area (Å²) in [7, 11) is 0. The van der Waals surface area contributed by atoms with E-state index < -0.39 is 6.10 Å². The van der Waals surface area contributed by atoms with Crippen LogP contribution in [0.25, 0.3) is 0 Å². The minimum atomic E-state index is -0.420. The van der Waals surface area contributed by atoms with E-state index in [2.05, 4.69) is 19.2 Å². The first-order chi connectivity index (χ1) is 8.69. The average molecular weight is 256 g/mol. The Hall–Kier alpha value is -0.770. The first-order valence-corrected chi connectivity index (χ1v) is 7.39. The third-order valence-corrected chi connectivity index (χ3v) is 3.95. The number of aliphatic hydroxyl groups is 1. The summed E-state index contributed by atoms with van der Waals surface area (Å²) in [5, 5.41) is 12.8. The molecule has 4 heteroatoms. The highest BCUT2D eigenvalue weighted by Crippen LogP contribution is 2.13. The summed E-state index contributed by atoms with van der Waals surface area (Å²) in [5.41, 5.74) is 0. The van der Waals surface area contributed by atoms with Crippen LogP contribution in [0.5, 0.6) is 0 Å². The smallest absolute Gasteiger partial charge is 0.317 e. The van der Waals surface area contributed by atoms with Crippen LogP contribution < -0.4 is 5.32 Å². The standard InChI is InChI=1S/C14H28N2O2/c1-3-12(4-2)13(17)11-15-14(18)16-9-7-5-6-8-10-16/h12-13,17H,3-11H2,1-2H3,(H,15,18). The van der Waals surface area contributed by atoms with Crippen LogP contribution in [0.1, 0.15) is 52.4 Å². The van der Waals surface area contributed by atoms with Gasteiger partial charge >= 0.3 is 6.03 Å². The van der Waals surface area contributed by atoms with Gasteiger partial charge in [-0.05, 0) is 18.8 Å². The Bertz CT molecular complexity index is 234. The third-order valence-electron chi connectivity index (χ3n) is 3.95. The van der Waals surface area contributed by atoms with E-state index in [4.69, 9.17) is 0 Å². The van der Waals surface area contributed by atoms with E-state index in [0.717, 1.165) is 38.8 Å². The van der Waals surface area contributed by atoms with Gasteiger partial charge in [0.2, 0.25) is 0 Å². The summed E-state index contributed by atoms with van der Waals surface area (Å²) < 4.78 is 0. The van der Waals surface area contributed by atoms with Crippen molar-refractivity contribution in [2.75, 3.05) is 19.6 Å². The van der Waals surface area contributed by atoms with Gasteiger partial charge in [0.25, 0.3) is 0 Å². The number of urea groups is 1. The second-order valence-corrected chi connectivity index (χ2v) is 5.23. The van der Waals surface area contributed by atoms with Gasteiger partial charge < -0.3 is 15.3 Å². The molecule has 0 aromatic carbocycles. The number of nitrogens with one attached hydrogen (secondary N) is 1. The Morgan fingerprint density at radius 2 is 1.72 bits per heavy atom. The summed E-state index contributed by atoms with van der Waals surface area (Å²) in [4.78, 5) is 13.8. The topological polar surface area (TPSA) is 52.6 Å². The van der Waals surface area contributed by atoms with Gasteiger partial charge in [-0.1, -0.05) is 39.5 Å². The molecule has 1 saturated heterocycles. The minimum Gasteiger partial charge on any atom is -0.391 e. The minimum absolute atomic E-state index is 0.0121. The molecular formula is C14H28N2O2. The Labute approximate surface area is 111 Å². The quantitative estimate of drug-likeness (QED) is 0.793. The zero-order valence-corrected chi connectivity index (χ0v) is 11.8. The second kappa shape index (κ2) is 8.35. The molecule has 0 radical (unpaired) electrons. The first kappa shape index (κ1) is 15.3. The molecule has 2 N–H and O–H groups in total.